The van der Waals surface area contributed by atoms with E-state index < -0.39 is 34.3 Å². The Balaban J connectivity index is 2.35. The molecule has 0 bridgehead atoms. The largest absolute Gasteiger partial charge is 0.468 e. The molecule has 1 fully saturated rings. The van der Waals surface area contributed by atoms with Crippen LogP contribution in [0.25, 0.3) is 0 Å². The lowest BCUT2D eigenvalue weighted by molar-refractivity contribution is -0.164. The van der Waals surface area contributed by atoms with Crippen LogP contribution in [0.2, 0.25) is 0 Å². The van der Waals surface area contributed by atoms with Crippen molar-refractivity contribution in [1.29, 1.82) is 0 Å². The zero-order chi connectivity index (χ0) is 17.9. The fraction of sp³-hybridized carbons (Fsp3) is 0.556. The molecular formula is C18H20O6. The number of Topliss-reactive ketones (excluding diaryl/α,β-unsaturated/α-hetero) is 2. The van der Waals surface area contributed by atoms with Gasteiger partial charge in [-0.15, -0.1) is 0 Å². The monoisotopic (exact) mass is 332 g/mol. The molecule has 1 saturated carbocycles. The lowest BCUT2D eigenvalue weighted by Crippen LogP contribution is -2.57. The Morgan fingerprint density at radius 2 is 1.12 bits per heavy atom. The summed E-state index contributed by atoms with van der Waals surface area (Å²) < 4.78 is 9.76. The predicted molar refractivity (Wildman–Crippen MR) is 82.8 cm³/mol. The normalized spacial score (nSPS) is 32.0. The lowest BCUT2D eigenvalue weighted by Gasteiger charge is -2.40. The van der Waals surface area contributed by atoms with E-state index in [4.69, 9.17) is 9.47 Å². The third-order valence-electron chi connectivity index (χ3n) is 5.75. The van der Waals surface area contributed by atoms with Crippen LogP contribution in [0.1, 0.15) is 39.5 Å². The van der Waals surface area contributed by atoms with Crippen molar-refractivity contribution in [1.82, 2.24) is 0 Å². The molecule has 2 atom stereocenters. The van der Waals surface area contributed by atoms with Crippen molar-refractivity contribution >= 4 is 23.5 Å². The van der Waals surface area contributed by atoms with Gasteiger partial charge < -0.3 is 9.47 Å². The van der Waals surface area contributed by atoms with E-state index in [1.165, 1.54) is 14.2 Å². The van der Waals surface area contributed by atoms with Crippen molar-refractivity contribution < 1.29 is 28.7 Å². The number of hydrogen-bond acceptors (Lipinski definition) is 6. The average Bonchev–Trinajstić information content (AvgIpc) is 3.11. The predicted octanol–water partition coefficient (Wildman–Crippen LogP) is 1.68. The summed E-state index contributed by atoms with van der Waals surface area (Å²) >= 11 is 0. The maximum atomic E-state index is 13.4. The molecule has 0 aromatic carbocycles. The van der Waals surface area contributed by atoms with Gasteiger partial charge in [-0.05, 0) is 39.5 Å². The quantitative estimate of drug-likeness (QED) is 0.565. The Labute approximate surface area is 139 Å². The van der Waals surface area contributed by atoms with Crippen molar-refractivity contribution in [2.75, 3.05) is 14.2 Å². The van der Waals surface area contributed by atoms with E-state index >= 15 is 0 Å². The molecule has 0 aromatic rings. The number of methoxy groups -OCH3 is 2. The summed E-state index contributed by atoms with van der Waals surface area (Å²) in [6, 6.07) is 0. The molecule has 128 valence electrons. The number of ketones is 2. The molecular weight excluding hydrogens is 312 g/mol. The summed E-state index contributed by atoms with van der Waals surface area (Å²) in [5, 5.41) is 0. The first-order chi connectivity index (χ1) is 11.3. The van der Waals surface area contributed by atoms with Gasteiger partial charge in [0.2, 0.25) is 0 Å². The standard InChI is InChI=1S/C18H20O6/c1-9-5-7-17(15(21)23-3)11(9)13(19)18(16(22)24-4)8-6-10(2)12(18)14(17)20/h5-8H2,1-4H3/t17-,18-/m0/s1. The molecule has 0 aromatic heterocycles. The Morgan fingerprint density at radius 1 is 0.792 bits per heavy atom. The van der Waals surface area contributed by atoms with Gasteiger partial charge >= 0.3 is 11.9 Å². The van der Waals surface area contributed by atoms with Gasteiger partial charge in [-0.3, -0.25) is 19.2 Å². The third-order valence-corrected chi connectivity index (χ3v) is 5.75. The van der Waals surface area contributed by atoms with Crippen molar-refractivity contribution in [3.8, 4) is 0 Å². The highest BCUT2D eigenvalue weighted by Crippen LogP contribution is 2.60. The Kier molecular flexibility index (Phi) is 3.55. The molecule has 0 N–H and O–H groups in total. The maximum absolute atomic E-state index is 13.4. The summed E-state index contributed by atoms with van der Waals surface area (Å²) in [5.41, 5.74) is -1.58. The SMILES string of the molecule is COC(=O)[C@@]12CCC(C)=C1C(=O)[C@]1(C(=O)OC)CCC(C)=C1C2=O. The summed E-state index contributed by atoms with van der Waals surface area (Å²) in [6.45, 7) is 3.46. The van der Waals surface area contributed by atoms with Gasteiger partial charge in [0.15, 0.2) is 22.4 Å². The number of carbonyl (C=O) groups is 4. The second kappa shape index (κ2) is 5.13. The van der Waals surface area contributed by atoms with Crippen LogP contribution in [0.4, 0.5) is 0 Å². The average molecular weight is 332 g/mol. The second-order valence-electron chi connectivity index (χ2n) is 6.76. The number of ether oxygens (including phenoxy) is 2. The first-order valence-corrected chi connectivity index (χ1v) is 7.96. The molecule has 0 aliphatic heterocycles. The zero-order valence-electron chi connectivity index (χ0n) is 14.3. The number of fused-ring (bicyclic) bond motifs is 2. The molecule has 0 amide bonds. The van der Waals surface area contributed by atoms with E-state index in [0.717, 1.165) is 0 Å². The summed E-state index contributed by atoms with van der Waals surface area (Å²) in [7, 11) is 2.41. The van der Waals surface area contributed by atoms with Gasteiger partial charge in [0.25, 0.3) is 0 Å². The van der Waals surface area contributed by atoms with Crippen LogP contribution in [0.3, 0.4) is 0 Å². The van der Waals surface area contributed by atoms with Crippen LogP contribution in [0.5, 0.6) is 0 Å². The number of rotatable bonds is 2. The van der Waals surface area contributed by atoms with Crippen molar-refractivity contribution in [2.45, 2.75) is 39.5 Å². The molecule has 6 heteroatoms. The van der Waals surface area contributed by atoms with Gasteiger partial charge in [-0.1, -0.05) is 11.1 Å². The number of esters is 2. The minimum absolute atomic E-state index is 0.142. The molecule has 0 unspecified atom stereocenters. The number of hydrogen-bond donors (Lipinski definition) is 0. The van der Waals surface area contributed by atoms with Crippen molar-refractivity contribution in [3.63, 3.8) is 0 Å². The van der Waals surface area contributed by atoms with Crippen molar-refractivity contribution in [3.05, 3.63) is 22.3 Å². The van der Waals surface area contributed by atoms with Crippen LogP contribution in [0, 0.1) is 10.8 Å². The van der Waals surface area contributed by atoms with E-state index in [1.54, 1.807) is 13.8 Å². The van der Waals surface area contributed by atoms with Gasteiger partial charge in [0.1, 0.15) is 0 Å². The molecule has 6 nitrogen and oxygen atoms in total. The first-order valence-electron chi connectivity index (χ1n) is 7.96. The maximum Gasteiger partial charge on any atom is 0.324 e. The van der Waals surface area contributed by atoms with Gasteiger partial charge in [-0.2, -0.15) is 0 Å². The smallest absolute Gasteiger partial charge is 0.324 e. The van der Waals surface area contributed by atoms with Gasteiger partial charge in [0, 0.05) is 11.1 Å². The summed E-state index contributed by atoms with van der Waals surface area (Å²) in [5.74, 6) is -2.39. The molecule has 3 aliphatic carbocycles. The Bertz CT molecular complexity index is 691. The third kappa shape index (κ3) is 1.61. The van der Waals surface area contributed by atoms with E-state index in [2.05, 4.69) is 0 Å². The molecule has 0 saturated heterocycles. The van der Waals surface area contributed by atoms with Gasteiger partial charge in [0.05, 0.1) is 14.2 Å². The fourth-order valence-electron chi connectivity index (χ4n) is 4.58. The second-order valence-corrected chi connectivity index (χ2v) is 6.76. The fourth-order valence-corrected chi connectivity index (χ4v) is 4.58. The number of carbonyl (C=O) groups excluding carboxylic acids is 4. The van der Waals surface area contributed by atoms with Crippen LogP contribution in [-0.2, 0) is 28.7 Å². The minimum Gasteiger partial charge on any atom is -0.468 e. The van der Waals surface area contributed by atoms with Crippen LogP contribution < -0.4 is 0 Å². The minimum atomic E-state index is -1.60. The van der Waals surface area contributed by atoms with E-state index in [9.17, 15) is 19.2 Å². The van der Waals surface area contributed by atoms with Crippen LogP contribution in [0.15, 0.2) is 22.3 Å². The van der Waals surface area contributed by atoms with E-state index in [0.29, 0.717) is 24.0 Å². The van der Waals surface area contributed by atoms with Crippen LogP contribution in [-0.4, -0.2) is 37.7 Å². The lowest BCUT2D eigenvalue weighted by atomic mass is 9.57. The summed E-state index contributed by atoms with van der Waals surface area (Å²) in [4.78, 5) is 51.9. The topological polar surface area (TPSA) is 86.7 Å². The Hall–Kier alpha value is -2.24. The highest BCUT2D eigenvalue weighted by atomic mass is 16.5. The molecule has 3 rings (SSSR count). The highest BCUT2D eigenvalue weighted by Gasteiger charge is 2.70. The van der Waals surface area contributed by atoms with Gasteiger partial charge in [-0.25, -0.2) is 0 Å². The van der Waals surface area contributed by atoms with E-state index in [1.807, 2.05) is 0 Å². The molecule has 0 spiro atoms. The number of allylic oxidation sites excluding steroid dienone is 2. The van der Waals surface area contributed by atoms with Crippen LogP contribution >= 0.6 is 0 Å². The highest BCUT2D eigenvalue weighted by molar-refractivity contribution is 6.34. The molecule has 24 heavy (non-hydrogen) atoms. The zero-order valence-corrected chi connectivity index (χ0v) is 14.3. The summed E-state index contributed by atoms with van der Waals surface area (Å²) in [6.07, 6.45) is 1.32. The molecule has 0 heterocycles. The van der Waals surface area contributed by atoms with Crippen molar-refractivity contribution in [2.24, 2.45) is 10.8 Å². The molecule has 0 radical (unpaired) electrons. The first kappa shape index (κ1) is 16.6. The Morgan fingerprint density at radius 3 is 1.42 bits per heavy atom. The molecule has 3 aliphatic rings. The van der Waals surface area contributed by atoms with E-state index in [-0.39, 0.29) is 24.0 Å².